The monoisotopic (exact) mass is 283 g/mol. The predicted molar refractivity (Wildman–Crippen MR) is 60.4 cm³/mol. The average molecular weight is 284 g/mol. The van der Waals surface area contributed by atoms with Crippen LogP contribution in [0.2, 0.25) is 0 Å². The average Bonchev–Trinajstić information content (AvgIpc) is 2.62. The number of hydrogen-bond donors (Lipinski definition) is 1. The third-order valence-corrected chi connectivity index (χ3v) is 2.58. The Morgan fingerprint density at radius 2 is 2.38 bits per heavy atom. The topological polar surface area (TPSA) is 59.7 Å². The van der Waals surface area contributed by atoms with E-state index in [1.165, 1.54) is 6.07 Å². The van der Waals surface area contributed by atoms with Crippen LogP contribution >= 0.6 is 15.9 Å². The van der Waals surface area contributed by atoms with Crippen molar-refractivity contribution in [3.63, 3.8) is 0 Å². The Kier molecular flexibility index (Phi) is 2.87. The van der Waals surface area contributed by atoms with E-state index in [0.717, 1.165) is 0 Å². The minimum absolute atomic E-state index is 0.0243. The van der Waals surface area contributed by atoms with Gasteiger partial charge in [0.1, 0.15) is 11.3 Å². The van der Waals surface area contributed by atoms with Crippen LogP contribution in [0.3, 0.4) is 0 Å². The molecule has 0 saturated heterocycles. The normalized spacial score (nSPS) is 10.6. The lowest BCUT2D eigenvalue weighted by molar-refractivity contribution is 0.0492. The van der Waals surface area contributed by atoms with Crippen molar-refractivity contribution < 1.29 is 19.1 Å². The Morgan fingerprint density at radius 3 is 3.06 bits per heavy atom. The maximum atomic E-state index is 11.4. The summed E-state index contributed by atoms with van der Waals surface area (Å²) in [6.45, 7) is 2.00. The highest BCUT2D eigenvalue weighted by Crippen LogP contribution is 2.30. The van der Waals surface area contributed by atoms with Gasteiger partial charge in [-0.15, -0.1) is 0 Å². The zero-order chi connectivity index (χ0) is 11.7. The van der Waals surface area contributed by atoms with Crippen LogP contribution in [0, 0.1) is 6.07 Å². The molecule has 1 radical (unpaired) electrons. The zero-order valence-electron chi connectivity index (χ0n) is 8.41. The molecule has 0 aliphatic rings. The molecule has 0 saturated carbocycles. The molecule has 1 aromatic carbocycles. The van der Waals surface area contributed by atoms with Crippen molar-refractivity contribution in [3.8, 4) is 5.75 Å². The number of esters is 1. The van der Waals surface area contributed by atoms with Crippen LogP contribution in [0.1, 0.15) is 17.5 Å². The molecule has 0 fully saturated rings. The Bertz CT molecular complexity index is 505. The lowest BCUT2D eigenvalue weighted by atomic mass is 10.2. The van der Waals surface area contributed by atoms with E-state index < -0.39 is 5.97 Å². The molecule has 2 aromatic rings. The SMILES string of the molecule is CCOC(=O)c1cc2[c]c(O)c(Br)cc2o1. The van der Waals surface area contributed by atoms with Gasteiger partial charge in [-0.2, -0.15) is 0 Å². The van der Waals surface area contributed by atoms with Gasteiger partial charge in [-0.25, -0.2) is 4.79 Å². The number of furan rings is 1. The number of hydrogen-bond acceptors (Lipinski definition) is 4. The zero-order valence-corrected chi connectivity index (χ0v) is 10.00. The molecule has 1 N–H and O–H groups in total. The quantitative estimate of drug-likeness (QED) is 0.861. The molecule has 0 unspecified atom stereocenters. The summed E-state index contributed by atoms with van der Waals surface area (Å²) in [7, 11) is 0. The fourth-order valence-corrected chi connectivity index (χ4v) is 1.59. The van der Waals surface area contributed by atoms with E-state index in [9.17, 15) is 9.90 Å². The van der Waals surface area contributed by atoms with Crippen LogP contribution in [0.4, 0.5) is 0 Å². The van der Waals surface area contributed by atoms with Crippen LogP contribution in [0.5, 0.6) is 5.75 Å². The summed E-state index contributed by atoms with van der Waals surface area (Å²) in [5.74, 6) is -0.447. The molecule has 16 heavy (non-hydrogen) atoms. The first-order valence-corrected chi connectivity index (χ1v) is 5.42. The number of aromatic hydroxyl groups is 1. The van der Waals surface area contributed by atoms with Crippen LogP contribution < -0.4 is 0 Å². The third-order valence-electron chi connectivity index (χ3n) is 1.97. The molecule has 0 spiro atoms. The standard InChI is InChI=1S/C11H8BrO4/c1-2-15-11(14)10-4-6-3-8(13)7(12)5-9(6)16-10/h4-5,13H,2H2,1H3. The van der Waals surface area contributed by atoms with E-state index in [2.05, 4.69) is 22.0 Å². The third kappa shape index (κ3) is 1.90. The maximum Gasteiger partial charge on any atom is 0.374 e. The number of rotatable bonds is 2. The number of halogens is 1. The van der Waals surface area contributed by atoms with Gasteiger partial charge in [0.2, 0.25) is 5.76 Å². The van der Waals surface area contributed by atoms with Crippen molar-refractivity contribution in [2.75, 3.05) is 6.61 Å². The van der Waals surface area contributed by atoms with Crippen molar-refractivity contribution in [3.05, 3.63) is 28.4 Å². The predicted octanol–water partition coefficient (Wildman–Crippen LogP) is 2.88. The fourth-order valence-electron chi connectivity index (χ4n) is 1.28. The van der Waals surface area contributed by atoms with E-state index >= 15 is 0 Å². The number of carbonyl (C=O) groups excluding carboxylic acids is 1. The minimum Gasteiger partial charge on any atom is -0.506 e. The van der Waals surface area contributed by atoms with Gasteiger partial charge in [-0.3, -0.25) is 0 Å². The molecular formula is C11H8BrO4. The van der Waals surface area contributed by atoms with Crippen molar-refractivity contribution in [1.82, 2.24) is 0 Å². The van der Waals surface area contributed by atoms with Gasteiger partial charge in [-0.05, 0) is 28.9 Å². The smallest absolute Gasteiger partial charge is 0.374 e. The molecule has 0 amide bonds. The van der Waals surface area contributed by atoms with E-state index in [4.69, 9.17) is 9.15 Å². The Hall–Kier alpha value is -1.49. The summed E-state index contributed by atoms with van der Waals surface area (Å²) < 4.78 is 10.5. The van der Waals surface area contributed by atoms with E-state index in [0.29, 0.717) is 15.4 Å². The van der Waals surface area contributed by atoms with Crippen LogP contribution in [-0.2, 0) is 4.74 Å². The summed E-state index contributed by atoms with van der Waals surface area (Å²) in [6.07, 6.45) is 0. The van der Waals surface area contributed by atoms with Crippen LogP contribution in [0.15, 0.2) is 21.0 Å². The number of carbonyl (C=O) groups is 1. The van der Waals surface area contributed by atoms with E-state index in [1.807, 2.05) is 0 Å². The molecule has 0 bridgehead atoms. The largest absolute Gasteiger partial charge is 0.506 e. The molecule has 0 aliphatic heterocycles. The van der Waals surface area contributed by atoms with Gasteiger partial charge >= 0.3 is 5.97 Å². The first-order valence-electron chi connectivity index (χ1n) is 4.63. The summed E-state index contributed by atoms with van der Waals surface area (Å²) >= 11 is 3.14. The summed E-state index contributed by atoms with van der Waals surface area (Å²) in [5, 5.41) is 9.94. The van der Waals surface area contributed by atoms with Crippen molar-refractivity contribution in [1.29, 1.82) is 0 Å². The fraction of sp³-hybridized carbons (Fsp3) is 0.182. The highest BCUT2D eigenvalue weighted by atomic mass is 79.9. The second kappa shape index (κ2) is 4.17. The van der Waals surface area contributed by atoms with E-state index in [1.54, 1.807) is 13.0 Å². The summed E-state index contributed by atoms with van der Waals surface area (Å²) in [4.78, 5) is 11.4. The lowest BCUT2D eigenvalue weighted by Crippen LogP contribution is -2.02. The van der Waals surface area contributed by atoms with Crippen molar-refractivity contribution >= 4 is 32.9 Å². The van der Waals surface area contributed by atoms with Crippen molar-refractivity contribution in [2.24, 2.45) is 0 Å². The van der Waals surface area contributed by atoms with Gasteiger partial charge in [0.05, 0.1) is 11.1 Å². The highest BCUT2D eigenvalue weighted by molar-refractivity contribution is 9.10. The second-order valence-electron chi connectivity index (χ2n) is 3.07. The first-order chi connectivity index (χ1) is 7.61. The van der Waals surface area contributed by atoms with Gasteiger partial charge in [0.15, 0.2) is 0 Å². The molecular weight excluding hydrogens is 276 g/mol. The molecule has 2 rings (SSSR count). The number of benzene rings is 1. The molecule has 1 heterocycles. The lowest BCUT2D eigenvalue weighted by Gasteiger charge is -1.95. The Balaban J connectivity index is 2.48. The van der Waals surface area contributed by atoms with E-state index in [-0.39, 0.29) is 18.1 Å². The molecule has 83 valence electrons. The van der Waals surface area contributed by atoms with Gasteiger partial charge in [0.25, 0.3) is 0 Å². The molecule has 5 heteroatoms. The highest BCUT2D eigenvalue weighted by Gasteiger charge is 2.14. The van der Waals surface area contributed by atoms with Gasteiger partial charge in [-0.1, -0.05) is 0 Å². The molecule has 4 nitrogen and oxygen atoms in total. The van der Waals surface area contributed by atoms with Crippen LogP contribution in [-0.4, -0.2) is 17.7 Å². The van der Waals surface area contributed by atoms with Gasteiger partial charge < -0.3 is 14.3 Å². The maximum absolute atomic E-state index is 11.4. The summed E-state index contributed by atoms with van der Waals surface area (Å²) in [6, 6.07) is 5.74. The summed E-state index contributed by atoms with van der Waals surface area (Å²) in [5.41, 5.74) is 0.465. The minimum atomic E-state index is -0.525. The Labute approximate surface area is 99.9 Å². The van der Waals surface area contributed by atoms with Crippen LogP contribution in [0.25, 0.3) is 11.0 Å². The second-order valence-corrected chi connectivity index (χ2v) is 3.93. The first kappa shape index (κ1) is 11.0. The molecule has 1 aromatic heterocycles. The van der Waals surface area contributed by atoms with Gasteiger partial charge in [0, 0.05) is 17.5 Å². The molecule has 0 aliphatic carbocycles. The number of phenols is 1. The number of fused-ring (bicyclic) bond motifs is 1. The number of phenolic OH excluding ortho intramolecular Hbond substituents is 1. The number of ether oxygens (including phenoxy) is 1. The Morgan fingerprint density at radius 1 is 1.62 bits per heavy atom. The molecule has 0 atom stereocenters. The van der Waals surface area contributed by atoms with Crippen molar-refractivity contribution in [2.45, 2.75) is 6.92 Å².